The first-order valence-corrected chi connectivity index (χ1v) is 6.55. The van der Waals surface area contributed by atoms with Crippen LogP contribution in [0.2, 0.25) is 0 Å². The fourth-order valence-corrected chi connectivity index (χ4v) is 2.02. The van der Waals surface area contributed by atoms with E-state index in [9.17, 15) is 4.79 Å². The van der Waals surface area contributed by atoms with Crippen LogP contribution in [-0.4, -0.2) is 17.1 Å². The SMILES string of the molecule is O=C(N/N=C/c1ccc2ccccc2c1)c1ccncc1. The molecule has 0 saturated heterocycles. The van der Waals surface area contributed by atoms with E-state index in [2.05, 4.69) is 21.6 Å². The van der Waals surface area contributed by atoms with E-state index in [-0.39, 0.29) is 5.91 Å². The molecule has 0 aliphatic heterocycles. The van der Waals surface area contributed by atoms with Crippen LogP contribution in [0.5, 0.6) is 0 Å². The van der Waals surface area contributed by atoms with Crippen LogP contribution in [0.15, 0.2) is 72.1 Å². The Balaban J connectivity index is 1.71. The zero-order valence-electron chi connectivity index (χ0n) is 11.2. The van der Waals surface area contributed by atoms with Gasteiger partial charge < -0.3 is 0 Å². The van der Waals surface area contributed by atoms with Gasteiger partial charge in [-0.1, -0.05) is 36.4 Å². The Bertz CT molecular complexity index is 797. The van der Waals surface area contributed by atoms with Crippen LogP contribution >= 0.6 is 0 Å². The highest BCUT2D eigenvalue weighted by atomic mass is 16.2. The Morgan fingerprint density at radius 1 is 1.00 bits per heavy atom. The van der Waals surface area contributed by atoms with Gasteiger partial charge in [-0.05, 0) is 34.5 Å². The van der Waals surface area contributed by atoms with Crippen molar-refractivity contribution in [2.75, 3.05) is 0 Å². The van der Waals surface area contributed by atoms with Crippen LogP contribution in [0.1, 0.15) is 15.9 Å². The van der Waals surface area contributed by atoms with Crippen LogP contribution in [0, 0.1) is 0 Å². The van der Waals surface area contributed by atoms with Crippen molar-refractivity contribution in [2.24, 2.45) is 5.10 Å². The van der Waals surface area contributed by atoms with E-state index in [1.165, 1.54) is 5.39 Å². The third-order valence-corrected chi connectivity index (χ3v) is 3.10. The standard InChI is InChI=1S/C17H13N3O/c21-17(15-7-9-18-10-8-15)20-19-12-13-5-6-14-3-1-2-4-16(14)11-13/h1-12H,(H,20,21)/b19-12+. The van der Waals surface area contributed by atoms with E-state index in [4.69, 9.17) is 0 Å². The summed E-state index contributed by atoms with van der Waals surface area (Å²) >= 11 is 0. The molecule has 3 rings (SSSR count). The normalized spacial score (nSPS) is 10.9. The molecule has 1 N–H and O–H groups in total. The van der Waals surface area contributed by atoms with Gasteiger partial charge in [-0.25, -0.2) is 5.43 Å². The van der Waals surface area contributed by atoms with E-state index in [0.717, 1.165) is 10.9 Å². The number of nitrogens with zero attached hydrogens (tertiary/aromatic N) is 2. The Morgan fingerprint density at radius 2 is 1.76 bits per heavy atom. The van der Waals surface area contributed by atoms with Gasteiger partial charge in [-0.2, -0.15) is 5.10 Å². The van der Waals surface area contributed by atoms with Crippen LogP contribution in [-0.2, 0) is 0 Å². The molecule has 0 atom stereocenters. The molecule has 4 heteroatoms. The number of hydrogen-bond acceptors (Lipinski definition) is 3. The average Bonchev–Trinajstić information content (AvgIpc) is 2.55. The lowest BCUT2D eigenvalue weighted by Gasteiger charge is -2.00. The zero-order valence-corrected chi connectivity index (χ0v) is 11.2. The maximum absolute atomic E-state index is 11.8. The number of hydrazone groups is 1. The maximum atomic E-state index is 11.8. The Labute approximate surface area is 122 Å². The molecule has 0 aliphatic carbocycles. The molecule has 0 bridgehead atoms. The molecule has 102 valence electrons. The second-order valence-electron chi connectivity index (χ2n) is 4.54. The highest BCUT2D eigenvalue weighted by Gasteiger charge is 2.01. The molecule has 0 aliphatic rings. The van der Waals surface area contributed by atoms with Crippen molar-refractivity contribution >= 4 is 22.9 Å². The van der Waals surface area contributed by atoms with Crippen LogP contribution < -0.4 is 5.43 Å². The summed E-state index contributed by atoms with van der Waals surface area (Å²) in [5, 5.41) is 6.30. The lowest BCUT2D eigenvalue weighted by Crippen LogP contribution is -2.17. The van der Waals surface area contributed by atoms with Crippen LogP contribution in [0.4, 0.5) is 0 Å². The van der Waals surface area contributed by atoms with E-state index < -0.39 is 0 Å². The average molecular weight is 275 g/mol. The zero-order chi connectivity index (χ0) is 14.5. The minimum Gasteiger partial charge on any atom is -0.267 e. The number of carbonyl (C=O) groups is 1. The summed E-state index contributed by atoms with van der Waals surface area (Å²) in [6.07, 6.45) is 4.77. The van der Waals surface area contributed by atoms with E-state index in [0.29, 0.717) is 5.56 Å². The lowest BCUT2D eigenvalue weighted by molar-refractivity contribution is 0.0955. The van der Waals surface area contributed by atoms with Crippen molar-refractivity contribution in [3.05, 3.63) is 78.1 Å². The van der Waals surface area contributed by atoms with Gasteiger partial charge in [0.15, 0.2) is 0 Å². The van der Waals surface area contributed by atoms with Gasteiger partial charge in [-0.15, -0.1) is 0 Å². The quantitative estimate of drug-likeness (QED) is 0.590. The second-order valence-corrected chi connectivity index (χ2v) is 4.54. The Kier molecular flexibility index (Phi) is 3.69. The van der Waals surface area contributed by atoms with Gasteiger partial charge in [0.2, 0.25) is 0 Å². The smallest absolute Gasteiger partial charge is 0.267 e. The highest BCUT2D eigenvalue weighted by molar-refractivity contribution is 5.95. The van der Waals surface area contributed by atoms with Gasteiger partial charge in [0, 0.05) is 18.0 Å². The van der Waals surface area contributed by atoms with Crippen molar-refractivity contribution < 1.29 is 4.79 Å². The number of benzene rings is 2. The molecule has 0 fully saturated rings. The number of pyridine rings is 1. The first kappa shape index (κ1) is 13.0. The molecular formula is C17H13N3O. The molecule has 1 heterocycles. The predicted octanol–water partition coefficient (Wildman–Crippen LogP) is 3.00. The molecule has 0 radical (unpaired) electrons. The molecule has 2 aromatic carbocycles. The van der Waals surface area contributed by atoms with E-state index >= 15 is 0 Å². The number of carbonyl (C=O) groups excluding carboxylic acids is 1. The number of amides is 1. The monoisotopic (exact) mass is 275 g/mol. The first-order chi connectivity index (χ1) is 10.3. The maximum Gasteiger partial charge on any atom is 0.271 e. The third kappa shape index (κ3) is 3.12. The number of aromatic nitrogens is 1. The second kappa shape index (κ2) is 5.96. The van der Waals surface area contributed by atoms with Crippen molar-refractivity contribution in [1.29, 1.82) is 0 Å². The molecule has 0 spiro atoms. The van der Waals surface area contributed by atoms with Crippen molar-refractivity contribution in [3.63, 3.8) is 0 Å². The van der Waals surface area contributed by atoms with Gasteiger partial charge in [0.25, 0.3) is 5.91 Å². The molecule has 0 saturated carbocycles. The lowest BCUT2D eigenvalue weighted by atomic mass is 10.1. The number of fused-ring (bicyclic) bond motifs is 1. The van der Waals surface area contributed by atoms with Crippen molar-refractivity contribution in [3.8, 4) is 0 Å². The number of nitrogens with one attached hydrogen (secondary N) is 1. The first-order valence-electron chi connectivity index (χ1n) is 6.55. The molecule has 0 unspecified atom stereocenters. The molecule has 3 aromatic rings. The fourth-order valence-electron chi connectivity index (χ4n) is 2.02. The van der Waals surface area contributed by atoms with Crippen molar-refractivity contribution in [2.45, 2.75) is 0 Å². The molecular weight excluding hydrogens is 262 g/mol. The number of hydrogen-bond donors (Lipinski definition) is 1. The molecule has 1 aromatic heterocycles. The van der Waals surface area contributed by atoms with Gasteiger partial charge in [-0.3, -0.25) is 9.78 Å². The van der Waals surface area contributed by atoms with Crippen LogP contribution in [0.3, 0.4) is 0 Å². The number of rotatable bonds is 3. The summed E-state index contributed by atoms with van der Waals surface area (Å²) in [6.45, 7) is 0. The minimum absolute atomic E-state index is 0.255. The van der Waals surface area contributed by atoms with Gasteiger partial charge in [0.1, 0.15) is 0 Å². The predicted molar refractivity (Wildman–Crippen MR) is 83.2 cm³/mol. The third-order valence-electron chi connectivity index (χ3n) is 3.10. The summed E-state index contributed by atoms with van der Waals surface area (Å²) in [5.41, 5.74) is 3.96. The summed E-state index contributed by atoms with van der Waals surface area (Å²) in [5.74, 6) is -0.255. The van der Waals surface area contributed by atoms with E-state index in [1.807, 2.05) is 36.4 Å². The minimum atomic E-state index is -0.255. The van der Waals surface area contributed by atoms with Crippen LogP contribution in [0.25, 0.3) is 10.8 Å². The van der Waals surface area contributed by atoms with Gasteiger partial charge >= 0.3 is 0 Å². The fraction of sp³-hybridized carbons (Fsp3) is 0. The van der Waals surface area contributed by atoms with Crippen molar-refractivity contribution in [1.82, 2.24) is 10.4 Å². The topological polar surface area (TPSA) is 54.4 Å². The Morgan fingerprint density at radius 3 is 2.57 bits per heavy atom. The summed E-state index contributed by atoms with van der Waals surface area (Å²) < 4.78 is 0. The summed E-state index contributed by atoms with van der Waals surface area (Å²) in [6, 6.07) is 17.4. The summed E-state index contributed by atoms with van der Waals surface area (Å²) in [4.78, 5) is 15.7. The summed E-state index contributed by atoms with van der Waals surface area (Å²) in [7, 11) is 0. The largest absolute Gasteiger partial charge is 0.271 e. The molecule has 21 heavy (non-hydrogen) atoms. The molecule has 1 amide bonds. The highest BCUT2D eigenvalue weighted by Crippen LogP contribution is 2.14. The Hall–Kier alpha value is -3.01. The van der Waals surface area contributed by atoms with E-state index in [1.54, 1.807) is 30.7 Å². The molecule has 4 nitrogen and oxygen atoms in total. The van der Waals surface area contributed by atoms with Gasteiger partial charge in [0.05, 0.1) is 6.21 Å².